The fraction of sp³-hybridized carbons (Fsp3) is 0.983. The van der Waals surface area contributed by atoms with Crippen LogP contribution in [0.1, 0.15) is 103 Å². The maximum Gasteiger partial charge on any atom is 0.431 e. The second-order valence-corrected chi connectivity index (χ2v) is 41.8. The summed E-state index contributed by atoms with van der Waals surface area (Å²) in [6.45, 7) is -1.35. The molecule has 1 atom stereocenters. The molecule has 1 unspecified atom stereocenters. The van der Waals surface area contributed by atoms with Crippen LogP contribution in [0.2, 0.25) is 0 Å². The highest BCUT2D eigenvalue weighted by Crippen LogP contribution is 2.58. The van der Waals surface area contributed by atoms with Crippen LogP contribution in [0.15, 0.2) is 0 Å². The molecule has 0 saturated heterocycles. The summed E-state index contributed by atoms with van der Waals surface area (Å²) in [5.74, 6) is -8.24. The number of rotatable bonds is 46. The van der Waals surface area contributed by atoms with Gasteiger partial charge in [-0.1, -0.05) is 15.9 Å². The molecule has 0 radical (unpaired) electrons. The van der Waals surface area contributed by atoms with Crippen LogP contribution in [-0.4, -0.2) is 315 Å². The van der Waals surface area contributed by atoms with Crippen molar-refractivity contribution in [3.8, 4) is 5.40 Å². The number of thioether (sulfide) groups is 1. The number of quaternary nitrogens is 2. The van der Waals surface area contributed by atoms with Gasteiger partial charge in [0.05, 0.1) is 64.9 Å². The maximum absolute atomic E-state index is 14.2. The molecule has 0 aliphatic heterocycles. The lowest BCUT2D eigenvalue weighted by Crippen LogP contribution is -2.57. The van der Waals surface area contributed by atoms with E-state index >= 15 is 0 Å². The fourth-order valence-corrected chi connectivity index (χ4v) is 14.7. The minimum absolute atomic E-state index is 0.0141. The van der Waals surface area contributed by atoms with Crippen LogP contribution in [0.3, 0.4) is 0 Å². The molecule has 77 heteroatoms. The number of likely N-dealkylation sites (N-methyl/N-ethyl adjacent to an activating group) is 1. The van der Waals surface area contributed by atoms with E-state index in [-0.39, 0.29) is 54.8 Å². The number of halogens is 51. The SMILES string of the molecule is CN(C)CCCNS(=O)(=O)CCCC(F)(C(F)(F)F)C(F)(F)F.C[N+](C)(C)CCOP(=O)([O-])OCCNS(=O)(=O)CCCC(CC(F)(C(F)(F)F)C(F)(F)F)CC(F)(C(F)(F)F)C(F)(F)F.C[N+](C)(O)CCCNS(=O)(=O)CCCC(F)(C(F)(F)F)C(F)(F)F.FC(F)(F)C(F)(CCCBr)C(F)(F)F.N#CSCCCC(F)(C(F)(F)F)C(F)(F)F.O=S(=O)(Cl)CCCC(F)(C(F)(F)F)C(F)(F)F. The molecule has 137 heavy (non-hydrogen) atoms. The Hall–Kier alpha value is -3.19. The van der Waals surface area contributed by atoms with Crippen molar-refractivity contribution in [2.75, 3.05) is 136 Å². The Labute approximate surface area is 764 Å². The highest BCUT2D eigenvalue weighted by molar-refractivity contribution is 9.09. The Morgan fingerprint density at radius 1 is 0.387 bits per heavy atom. The first-order valence-corrected chi connectivity index (χ1v) is 47.3. The molecule has 0 aromatic carbocycles. The van der Waals surface area contributed by atoms with E-state index in [1.807, 2.05) is 9.44 Å². The molecular weight excluding hydrogens is 2260 g/mol. The predicted octanol–water partition coefficient (Wildman–Crippen LogP) is 20.8. The second-order valence-electron chi connectivity index (χ2n) is 30.0. The number of phosphoric acid groups is 1. The van der Waals surface area contributed by atoms with Gasteiger partial charge < -0.3 is 23.3 Å². The topological polar surface area (TPSA) is 278 Å². The van der Waals surface area contributed by atoms with Gasteiger partial charge in [-0.2, -0.15) is 194 Å². The lowest BCUT2D eigenvalue weighted by Gasteiger charge is -2.37. The third-order valence-electron chi connectivity index (χ3n) is 16.7. The van der Waals surface area contributed by atoms with E-state index in [1.165, 1.54) is 19.5 Å². The van der Waals surface area contributed by atoms with Gasteiger partial charge in [-0.25, -0.2) is 83.8 Å². The minimum atomic E-state index is -6.91. The first-order chi connectivity index (χ1) is 59.6. The molecule has 0 rings (SSSR count). The number of nitrogens with one attached hydrogen (secondary N) is 3. The number of nitriles is 1. The van der Waals surface area contributed by atoms with Gasteiger partial charge in [0.15, 0.2) is 0 Å². The van der Waals surface area contributed by atoms with Gasteiger partial charge in [-0.05, 0) is 89.7 Å². The Balaban J connectivity index is -0.000000395. The highest BCUT2D eigenvalue weighted by atomic mass is 79.9. The van der Waals surface area contributed by atoms with Gasteiger partial charge in [0.25, 0.3) is 47.5 Å². The maximum atomic E-state index is 14.2. The average molecular weight is 2350 g/mol. The van der Waals surface area contributed by atoms with E-state index in [0.717, 1.165) is 0 Å². The number of hydrogen-bond donors (Lipinski definition) is 4. The summed E-state index contributed by atoms with van der Waals surface area (Å²) in [6.07, 6.45) is -111. The van der Waals surface area contributed by atoms with E-state index < -0.39 is 310 Å². The van der Waals surface area contributed by atoms with Gasteiger partial charge >= 0.3 is 86.5 Å². The van der Waals surface area contributed by atoms with Gasteiger partial charge in [0, 0.05) is 92.8 Å². The van der Waals surface area contributed by atoms with Crippen molar-refractivity contribution in [3.05, 3.63) is 0 Å². The van der Waals surface area contributed by atoms with Crippen molar-refractivity contribution in [3.63, 3.8) is 0 Å². The van der Waals surface area contributed by atoms with Crippen LogP contribution >= 0.6 is 46.2 Å². The Morgan fingerprint density at radius 2 is 0.635 bits per heavy atom. The number of nitrogens with zero attached hydrogens (tertiary/aromatic N) is 4. The van der Waals surface area contributed by atoms with E-state index in [4.69, 9.17) is 5.26 Å². The predicted molar refractivity (Wildman–Crippen MR) is 386 cm³/mol. The van der Waals surface area contributed by atoms with Crippen molar-refractivity contribution < 1.29 is 282 Å². The number of phosphoric ester groups is 1. The third-order valence-corrected chi connectivity index (χ3v) is 24.5. The molecule has 0 spiro atoms. The van der Waals surface area contributed by atoms with Gasteiger partial charge in [0.2, 0.25) is 39.1 Å². The normalized spacial score (nSPS) is 15.2. The molecular formula is C60H86BrClF49N7O13PS5+. The van der Waals surface area contributed by atoms with Crippen molar-refractivity contribution in [2.24, 2.45) is 5.92 Å². The van der Waals surface area contributed by atoms with E-state index in [9.17, 15) is 263 Å². The van der Waals surface area contributed by atoms with Crippen LogP contribution in [0, 0.1) is 16.6 Å². The van der Waals surface area contributed by atoms with Crippen LogP contribution in [0.4, 0.5) is 215 Å². The molecule has 0 fully saturated rings. The first-order valence-electron chi connectivity index (χ1n) is 36.3. The quantitative estimate of drug-likeness (QED) is 0.00644. The van der Waals surface area contributed by atoms with E-state index in [2.05, 4.69) is 35.7 Å². The summed E-state index contributed by atoms with van der Waals surface area (Å²) in [4.78, 5) is 13.4. The van der Waals surface area contributed by atoms with Gasteiger partial charge in [-0.15, -0.1) is 0 Å². The van der Waals surface area contributed by atoms with Crippen molar-refractivity contribution in [1.82, 2.24) is 19.1 Å². The smallest absolute Gasteiger partial charge is 0.431 e. The van der Waals surface area contributed by atoms with Crippen molar-refractivity contribution >= 4 is 85.3 Å². The average Bonchev–Trinajstić information content (AvgIpc) is 0.739. The summed E-state index contributed by atoms with van der Waals surface area (Å²) in [5, 5.41) is 18.7. The highest BCUT2D eigenvalue weighted by Gasteiger charge is 2.79. The Kier molecular flexibility index (Phi) is 56.4. The molecule has 0 aliphatic carbocycles. The van der Waals surface area contributed by atoms with Gasteiger partial charge in [0.1, 0.15) is 25.1 Å². The zero-order valence-electron chi connectivity index (χ0n) is 70.2. The van der Waals surface area contributed by atoms with Crippen LogP contribution in [0.25, 0.3) is 0 Å². The van der Waals surface area contributed by atoms with E-state index in [0.29, 0.717) is 24.7 Å². The number of hydroxylamine groups is 3. The number of hydrogen-bond acceptors (Lipinski definition) is 16. The molecule has 0 saturated carbocycles. The molecule has 0 heterocycles. The van der Waals surface area contributed by atoms with Gasteiger partial charge in [-0.3, -0.25) is 4.57 Å². The Morgan fingerprint density at radius 3 is 0.883 bits per heavy atom. The monoisotopic (exact) mass is 2350 g/mol. The van der Waals surface area contributed by atoms with Crippen LogP contribution < -0.4 is 19.1 Å². The summed E-state index contributed by atoms with van der Waals surface area (Å²) in [7, 11) is -6.10. The molecule has 0 aromatic rings. The molecule has 0 aromatic heterocycles. The van der Waals surface area contributed by atoms with Crippen LogP contribution in [-0.2, 0) is 52.7 Å². The van der Waals surface area contributed by atoms with E-state index in [1.54, 1.807) is 44.9 Å². The number of alkyl halides is 50. The van der Waals surface area contributed by atoms with Crippen molar-refractivity contribution in [2.45, 2.75) is 229 Å². The zero-order chi connectivity index (χ0) is 111. The lowest BCUT2D eigenvalue weighted by molar-refractivity contribution is -1.07. The molecule has 0 aliphatic rings. The molecule has 0 bridgehead atoms. The lowest BCUT2D eigenvalue weighted by atomic mass is 9.80. The summed E-state index contributed by atoms with van der Waals surface area (Å²) in [6, 6.07) is 0. The standard InChI is InChI=1S/C19H29F14N2O6PS.C11H20F7N2O3S.C11H19F7N2O2S.C7H6F7NS.C6H6BrF7.C6H6ClF7O2S/c1-35(2,3)7-9-41-42(36,37)40-8-6-34-43(38,39)10-4-5-13(11-14(20,16(22,23)24)17(25,26)27)12-15(21,18(28,29)30)19(31,32)33;1-20(2,21)7-4-6-19-24(22,23)8-3-5-9(12,10(13,14)15)11(16,17)18;1-20(2)7-4-6-19-23(21,22)8-3-5-9(12,10(13,14)15)11(16,17)18;8-5(6(9,10)11,7(12,13)14)2-1-3-16-4-15;7-3-1-2-4(8,5(9,10)11)6(12,13)14;7-17(15,16)3-1-2-4(8,5(9,10)11)6(12,13)14/h13,34H,4-12H2,1-3H3;19,21H,3-8H2,1-2H3;19H,3-8H2,1-2H3;1-3H2;1-3H2;1-3H2/q;+1;;;;. The Bertz CT molecular complexity index is 3930. The molecule has 20 nitrogen and oxygen atoms in total. The zero-order valence-corrected chi connectivity index (χ0v) is 77.5. The first kappa shape index (κ1) is 144. The second kappa shape index (κ2) is 53.4. The molecule has 830 valence electrons. The fourth-order valence-electron chi connectivity index (χ4n) is 9.23. The largest absolute Gasteiger partial charge is 0.756 e. The molecule has 0 amide bonds. The summed E-state index contributed by atoms with van der Waals surface area (Å²) >= 11 is 3.11. The minimum Gasteiger partial charge on any atom is -0.756 e. The summed E-state index contributed by atoms with van der Waals surface area (Å²) < 4.78 is 727. The van der Waals surface area contributed by atoms with Crippen molar-refractivity contribution in [1.29, 1.82) is 5.26 Å². The third kappa shape index (κ3) is 51.6. The van der Waals surface area contributed by atoms with Crippen LogP contribution in [0.5, 0.6) is 0 Å². The number of thiocyanates is 1. The summed E-state index contributed by atoms with van der Waals surface area (Å²) in [5.41, 5.74) is -39.4. The molecule has 4 N–H and O–H groups in total. The number of sulfonamides is 3.